The van der Waals surface area contributed by atoms with Crippen LogP contribution in [0.3, 0.4) is 0 Å². The van der Waals surface area contributed by atoms with Gasteiger partial charge < -0.3 is 5.32 Å². The van der Waals surface area contributed by atoms with Crippen LogP contribution < -0.4 is 5.32 Å². The maximum absolute atomic E-state index is 3.50. The molecule has 1 aromatic rings. The van der Waals surface area contributed by atoms with Crippen molar-refractivity contribution in [3.05, 3.63) is 22.4 Å². The Morgan fingerprint density at radius 2 is 2.50 bits per heavy atom. The van der Waals surface area contributed by atoms with Crippen molar-refractivity contribution in [1.82, 2.24) is 10.2 Å². The second-order valence-electron chi connectivity index (χ2n) is 4.67. The maximum atomic E-state index is 3.50. The average molecular weight is 238 g/mol. The Kier molecular flexibility index (Phi) is 4.82. The van der Waals surface area contributed by atoms with Crippen LogP contribution >= 0.6 is 11.3 Å². The minimum Gasteiger partial charge on any atom is -0.316 e. The zero-order chi connectivity index (χ0) is 11.2. The summed E-state index contributed by atoms with van der Waals surface area (Å²) in [5, 5.41) is 7.94. The van der Waals surface area contributed by atoms with Crippen LogP contribution in [0.1, 0.15) is 25.3 Å². The molecule has 0 radical (unpaired) electrons. The summed E-state index contributed by atoms with van der Waals surface area (Å²) in [6, 6.07) is 2.24. The smallest absolute Gasteiger partial charge is 0.0241 e. The lowest BCUT2D eigenvalue weighted by molar-refractivity contribution is 0.210. The van der Waals surface area contributed by atoms with Gasteiger partial charge in [-0.05, 0) is 60.8 Å². The molecule has 1 unspecified atom stereocenters. The summed E-state index contributed by atoms with van der Waals surface area (Å²) in [5.74, 6) is 0.854. The minimum atomic E-state index is 0.854. The predicted molar refractivity (Wildman–Crippen MR) is 70.9 cm³/mol. The van der Waals surface area contributed by atoms with Crippen molar-refractivity contribution in [3.63, 3.8) is 0 Å². The molecule has 1 aromatic heterocycles. The van der Waals surface area contributed by atoms with Crippen molar-refractivity contribution in [2.24, 2.45) is 5.92 Å². The Hall–Kier alpha value is -0.380. The fourth-order valence-electron chi connectivity index (χ4n) is 2.39. The highest BCUT2D eigenvalue weighted by Gasteiger charge is 2.16. The van der Waals surface area contributed by atoms with Gasteiger partial charge in [-0.2, -0.15) is 11.3 Å². The van der Waals surface area contributed by atoms with E-state index in [-0.39, 0.29) is 0 Å². The van der Waals surface area contributed by atoms with Gasteiger partial charge in [0.1, 0.15) is 0 Å². The van der Waals surface area contributed by atoms with Crippen molar-refractivity contribution < 1.29 is 0 Å². The van der Waals surface area contributed by atoms with Gasteiger partial charge in [0.2, 0.25) is 0 Å². The van der Waals surface area contributed by atoms with Crippen LogP contribution in [0, 0.1) is 5.92 Å². The van der Waals surface area contributed by atoms with Gasteiger partial charge >= 0.3 is 0 Å². The van der Waals surface area contributed by atoms with Crippen molar-refractivity contribution >= 4 is 11.3 Å². The largest absolute Gasteiger partial charge is 0.316 e. The first-order chi connectivity index (χ1) is 7.88. The topological polar surface area (TPSA) is 15.3 Å². The monoisotopic (exact) mass is 238 g/mol. The van der Waals surface area contributed by atoms with Crippen molar-refractivity contribution in [3.8, 4) is 0 Å². The lowest BCUT2D eigenvalue weighted by Crippen LogP contribution is -2.38. The highest BCUT2D eigenvalue weighted by atomic mass is 32.1. The lowest BCUT2D eigenvalue weighted by atomic mass is 9.99. The van der Waals surface area contributed by atoms with E-state index in [0.717, 1.165) is 19.0 Å². The van der Waals surface area contributed by atoms with E-state index in [1.54, 1.807) is 11.3 Å². The van der Waals surface area contributed by atoms with Gasteiger partial charge in [-0.25, -0.2) is 0 Å². The normalized spacial score (nSPS) is 21.5. The van der Waals surface area contributed by atoms with Gasteiger partial charge in [-0.3, -0.25) is 4.90 Å². The molecule has 1 aliphatic rings. The van der Waals surface area contributed by atoms with Crippen molar-refractivity contribution in [2.45, 2.75) is 26.3 Å². The molecule has 90 valence electrons. The van der Waals surface area contributed by atoms with Crippen LogP contribution in [0.25, 0.3) is 0 Å². The van der Waals surface area contributed by atoms with E-state index in [0.29, 0.717) is 0 Å². The number of hydrogen-bond donors (Lipinski definition) is 1. The number of thiophene rings is 1. The predicted octanol–water partition coefficient (Wildman–Crippen LogP) is 2.57. The van der Waals surface area contributed by atoms with E-state index in [1.807, 2.05) is 0 Å². The Morgan fingerprint density at radius 3 is 3.12 bits per heavy atom. The molecular weight excluding hydrogens is 216 g/mol. The van der Waals surface area contributed by atoms with E-state index >= 15 is 0 Å². The van der Waals surface area contributed by atoms with E-state index in [9.17, 15) is 0 Å². The lowest BCUT2D eigenvalue weighted by Gasteiger charge is -2.29. The molecule has 1 atom stereocenters. The molecule has 1 aliphatic heterocycles. The first-order valence-electron chi connectivity index (χ1n) is 6.32. The number of nitrogens with one attached hydrogen (secondary N) is 1. The fraction of sp³-hybridized carbons (Fsp3) is 0.692. The second-order valence-corrected chi connectivity index (χ2v) is 5.45. The Balaban J connectivity index is 1.80. The molecule has 0 aromatic carbocycles. The Labute approximate surface area is 103 Å². The van der Waals surface area contributed by atoms with E-state index in [2.05, 4.69) is 34.0 Å². The standard InChI is InChI=1S/C13H22N2S/c1-2-15(10-13-5-7-16-11-13)9-12-4-3-6-14-8-12/h5,7,11-12,14H,2-4,6,8-10H2,1H3. The minimum absolute atomic E-state index is 0.854. The third-order valence-corrected chi connectivity index (χ3v) is 4.08. The molecule has 1 saturated heterocycles. The Bertz CT molecular complexity index is 278. The molecule has 1 N–H and O–H groups in total. The summed E-state index contributed by atoms with van der Waals surface area (Å²) in [4.78, 5) is 2.57. The molecule has 2 rings (SSSR count). The van der Waals surface area contributed by atoms with Gasteiger partial charge in [-0.1, -0.05) is 6.92 Å². The summed E-state index contributed by atoms with van der Waals surface area (Å²) < 4.78 is 0. The summed E-state index contributed by atoms with van der Waals surface area (Å²) >= 11 is 1.80. The number of piperidine rings is 1. The molecule has 16 heavy (non-hydrogen) atoms. The summed E-state index contributed by atoms with van der Waals surface area (Å²) in [7, 11) is 0. The first kappa shape index (κ1) is 12.1. The van der Waals surface area contributed by atoms with Gasteiger partial charge in [0.25, 0.3) is 0 Å². The van der Waals surface area contributed by atoms with Crippen LogP contribution in [0.15, 0.2) is 16.8 Å². The molecule has 0 bridgehead atoms. The fourth-order valence-corrected chi connectivity index (χ4v) is 3.05. The second kappa shape index (κ2) is 6.38. The van der Waals surface area contributed by atoms with Crippen LogP contribution in [0.2, 0.25) is 0 Å². The molecule has 2 heterocycles. The molecular formula is C13H22N2S. The first-order valence-corrected chi connectivity index (χ1v) is 7.27. The van der Waals surface area contributed by atoms with Gasteiger partial charge in [0.05, 0.1) is 0 Å². The van der Waals surface area contributed by atoms with Crippen molar-refractivity contribution in [1.29, 1.82) is 0 Å². The van der Waals surface area contributed by atoms with E-state index in [4.69, 9.17) is 0 Å². The molecule has 0 amide bonds. The average Bonchev–Trinajstić information content (AvgIpc) is 2.82. The van der Waals surface area contributed by atoms with Crippen LogP contribution in [-0.2, 0) is 6.54 Å². The van der Waals surface area contributed by atoms with Crippen LogP contribution in [-0.4, -0.2) is 31.1 Å². The summed E-state index contributed by atoms with van der Waals surface area (Å²) in [6.45, 7) is 8.22. The maximum Gasteiger partial charge on any atom is 0.0241 e. The van der Waals surface area contributed by atoms with E-state index < -0.39 is 0 Å². The van der Waals surface area contributed by atoms with Crippen LogP contribution in [0.4, 0.5) is 0 Å². The van der Waals surface area contributed by atoms with Gasteiger partial charge in [-0.15, -0.1) is 0 Å². The SMILES string of the molecule is CCN(Cc1ccsc1)CC1CCCNC1. The quantitative estimate of drug-likeness (QED) is 0.848. The number of rotatable bonds is 5. The summed E-state index contributed by atoms with van der Waals surface area (Å²) in [5.41, 5.74) is 1.47. The molecule has 0 saturated carbocycles. The molecule has 0 spiro atoms. The molecule has 0 aliphatic carbocycles. The van der Waals surface area contributed by atoms with Gasteiger partial charge in [0, 0.05) is 13.1 Å². The Morgan fingerprint density at radius 1 is 1.56 bits per heavy atom. The van der Waals surface area contributed by atoms with Gasteiger partial charge in [0.15, 0.2) is 0 Å². The van der Waals surface area contributed by atoms with Crippen molar-refractivity contribution in [2.75, 3.05) is 26.2 Å². The third-order valence-electron chi connectivity index (χ3n) is 3.35. The van der Waals surface area contributed by atoms with E-state index in [1.165, 1.54) is 38.0 Å². The highest BCUT2D eigenvalue weighted by molar-refractivity contribution is 7.07. The highest BCUT2D eigenvalue weighted by Crippen LogP contribution is 2.15. The molecule has 3 heteroatoms. The zero-order valence-electron chi connectivity index (χ0n) is 10.1. The number of hydrogen-bond acceptors (Lipinski definition) is 3. The zero-order valence-corrected chi connectivity index (χ0v) is 10.9. The number of nitrogens with zero attached hydrogens (tertiary/aromatic N) is 1. The molecule has 2 nitrogen and oxygen atoms in total. The molecule has 1 fully saturated rings. The van der Waals surface area contributed by atoms with Crippen LogP contribution in [0.5, 0.6) is 0 Å². The summed E-state index contributed by atoms with van der Waals surface area (Å²) in [6.07, 6.45) is 2.74. The third kappa shape index (κ3) is 3.58.